The van der Waals surface area contributed by atoms with Crippen molar-refractivity contribution >= 4 is 17.1 Å². The minimum Gasteiger partial charge on any atom is -0.481 e. The summed E-state index contributed by atoms with van der Waals surface area (Å²) in [6, 6.07) is 4.43. The number of nitrogens with one attached hydrogen (secondary N) is 1. The van der Waals surface area contributed by atoms with Crippen LogP contribution in [0.5, 0.6) is 5.75 Å². The summed E-state index contributed by atoms with van der Waals surface area (Å²) < 4.78 is 46.6. The van der Waals surface area contributed by atoms with Crippen LogP contribution in [0.25, 0.3) is 11.2 Å². The largest absolute Gasteiger partial charge is 0.481 e. The first-order valence-corrected chi connectivity index (χ1v) is 9.23. The third-order valence-electron chi connectivity index (χ3n) is 4.50. The van der Waals surface area contributed by atoms with Crippen molar-refractivity contribution in [2.75, 3.05) is 13.2 Å². The van der Waals surface area contributed by atoms with Crippen LogP contribution in [0.3, 0.4) is 0 Å². The Kier molecular flexibility index (Phi) is 6.38. The topological polar surface area (TPSA) is 100 Å². The van der Waals surface area contributed by atoms with E-state index in [0.29, 0.717) is 0 Å². The number of hydrogen-bond acceptors (Lipinski definition) is 5. The fraction of sp³-hybridized carbons (Fsp3) is 0.300. The van der Waals surface area contributed by atoms with E-state index < -0.39 is 28.9 Å². The van der Waals surface area contributed by atoms with Crippen LogP contribution < -0.4 is 21.3 Å². The van der Waals surface area contributed by atoms with Crippen LogP contribution in [0, 0.1) is 11.8 Å². The molecule has 0 aliphatic carbocycles. The standard InChI is InChI=1S/C20H18F3N5O4/c1-26-17-16(18(30)27(2)19(26)31)28(12-25-17)11-15(29)24-8-3-4-9-32-14-7-5-6-13(10-14)20(21,22)23/h5-7,10,12H,8-9,11H2,1-2H3,(H,24,29). The van der Waals surface area contributed by atoms with E-state index in [-0.39, 0.29) is 36.6 Å². The van der Waals surface area contributed by atoms with Gasteiger partial charge in [0.1, 0.15) is 18.9 Å². The average molecular weight is 449 g/mol. The Labute approximate surface area is 179 Å². The fourth-order valence-electron chi connectivity index (χ4n) is 2.87. The Balaban J connectivity index is 1.55. The summed E-state index contributed by atoms with van der Waals surface area (Å²) in [6.45, 7) is -0.409. The summed E-state index contributed by atoms with van der Waals surface area (Å²) in [5, 5.41) is 2.53. The summed E-state index contributed by atoms with van der Waals surface area (Å²) >= 11 is 0. The molecule has 1 amide bonds. The van der Waals surface area contributed by atoms with Crippen LogP contribution in [-0.4, -0.2) is 37.7 Å². The Morgan fingerprint density at radius 3 is 2.66 bits per heavy atom. The first-order valence-electron chi connectivity index (χ1n) is 9.23. The molecule has 168 valence electrons. The molecule has 0 radical (unpaired) electrons. The molecule has 2 heterocycles. The maximum absolute atomic E-state index is 12.7. The molecule has 0 bridgehead atoms. The Hall–Kier alpha value is -4.01. The van der Waals surface area contributed by atoms with Gasteiger partial charge in [0, 0.05) is 14.1 Å². The number of carbonyl (C=O) groups is 1. The molecule has 9 nitrogen and oxygen atoms in total. The summed E-state index contributed by atoms with van der Waals surface area (Å²) in [5.41, 5.74) is -1.64. The molecular weight excluding hydrogens is 431 g/mol. The van der Waals surface area contributed by atoms with Gasteiger partial charge < -0.3 is 14.6 Å². The Morgan fingerprint density at radius 2 is 1.94 bits per heavy atom. The van der Waals surface area contributed by atoms with Gasteiger partial charge in [0.15, 0.2) is 11.2 Å². The molecular formula is C20H18F3N5O4. The molecule has 0 aliphatic rings. The summed E-state index contributed by atoms with van der Waals surface area (Å²) in [7, 11) is 2.80. The van der Waals surface area contributed by atoms with Crippen molar-refractivity contribution in [1.82, 2.24) is 24.0 Å². The third-order valence-corrected chi connectivity index (χ3v) is 4.50. The molecule has 2 aromatic heterocycles. The number of carbonyl (C=O) groups excluding carboxylic acids is 1. The van der Waals surface area contributed by atoms with E-state index in [9.17, 15) is 27.6 Å². The van der Waals surface area contributed by atoms with Crippen molar-refractivity contribution in [3.63, 3.8) is 0 Å². The number of halogens is 3. The molecule has 1 N–H and O–H groups in total. The quantitative estimate of drug-likeness (QED) is 0.577. The second-order valence-corrected chi connectivity index (χ2v) is 6.69. The van der Waals surface area contributed by atoms with Gasteiger partial charge in [-0.3, -0.25) is 18.7 Å². The van der Waals surface area contributed by atoms with E-state index in [0.717, 1.165) is 16.7 Å². The average Bonchev–Trinajstić information content (AvgIpc) is 3.16. The lowest BCUT2D eigenvalue weighted by Crippen LogP contribution is -2.38. The van der Waals surface area contributed by atoms with Crippen molar-refractivity contribution in [3.8, 4) is 17.6 Å². The van der Waals surface area contributed by atoms with E-state index in [1.54, 1.807) is 0 Å². The number of fused-ring (bicyclic) bond motifs is 1. The highest BCUT2D eigenvalue weighted by molar-refractivity contribution is 5.79. The van der Waals surface area contributed by atoms with Crippen LogP contribution in [0.4, 0.5) is 13.2 Å². The SMILES string of the molecule is Cn1c(=O)c2c(ncn2CC(=O)NCC#CCOc2cccc(C(F)(F)F)c2)n(C)c1=O. The van der Waals surface area contributed by atoms with Gasteiger partial charge in [-0.25, -0.2) is 9.78 Å². The summed E-state index contributed by atoms with van der Waals surface area (Å²) in [6.07, 6.45) is -3.17. The second-order valence-electron chi connectivity index (χ2n) is 6.69. The molecule has 0 aliphatic heterocycles. The van der Waals surface area contributed by atoms with Crippen molar-refractivity contribution in [3.05, 3.63) is 57.0 Å². The molecule has 32 heavy (non-hydrogen) atoms. The second kappa shape index (κ2) is 9.01. The number of aryl methyl sites for hydroxylation is 1. The van der Waals surface area contributed by atoms with Crippen LogP contribution in [-0.2, 0) is 31.6 Å². The van der Waals surface area contributed by atoms with Gasteiger partial charge in [0.05, 0.1) is 18.4 Å². The van der Waals surface area contributed by atoms with Gasteiger partial charge in [-0.15, -0.1) is 0 Å². The molecule has 0 spiro atoms. The zero-order valence-electron chi connectivity index (χ0n) is 17.1. The number of aromatic nitrogens is 4. The number of ether oxygens (including phenoxy) is 1. The number of imidazole rings is 1. The number of amides is 1. The van der Waals surface area contributed by atoms with Crippen LogP contribution >= 0.6 is 0 Å². The lowest BCUT2D eigenvalue weighted by molar-refractivity contribution is -0.137. The maximum atomic E-state index is 12.7. The lowest BCUT2D eigenvalue weighted by atomic mass is 10.2. The number of rotatable bonds is 5. The van der Waals surface area contributed by atoms with E-state index in [1.165, 1.54) is 41.7 Å². The van der Waals surface area contributed by atoms with Crippen molar-refractivity contribution in [2.45, 2.75) is 12.7 Å². The first kappa shape index (κ1) is 22.7. The molecule has 0 saturated heterocycles. The zero-order chi connectivity index (χ0) is 23.5. The van der Waals surface area contributed by atoms with Crippen LogP contribution in [0.15, 0.2) is 40.2 Å². The van der Waals surface area contributed by atoms with E-state index in [2.05, 4.69) is 22.1 Å². The van der Waals surface area contributed by atoms with Gasteiger partial charge in [0.25, 0.3) is 5.56 Å². The molecule has 12 heteroatoms. The highest BCUT2D eigenvalue weighted by Gasteiger charge is 2.30. The predicted octanol–water partition coefficient (Wildman–Crippen LogP) is 0.651. The lowest BCUT2D eigenvalue weighted by Gasteiger charge is -2.08. The highest BCUT2D eigenvalue weighted by Crippen LogP contribution is 2.31. The van der Waals surface area contributed by atoms with Gasteiger partial charge in [-0.1, -0.05) is 17.9 Å². The predicted molar refractivity (Wildman–Crippen MR) is 108 cm³/mol. The van der Waals surface area contributed by atoms with E-state index in [1.807, 2.05) is 0 Å². The number of hydrogen-bond donors (Lipinski definition) is 1. The van der Waals surface area contributed by atoms with E-state index >= 15 is 0 Å². The van der Waals surface area contributed by atoms with Gasteiger partial charge in [-0.05, 0) is 18.2 Å². The Morgan fingerprint density at radius 1 is 1.19 bits per heavy atom. The molecule has 3 rings (SSSR count). The summed E-state index contributed by atoms with van der Waals surface area (Å²) in [4.78, 5) is 40.5. The smallest absolute Gasteiger partial charge is 0.416 e. The Bertz CT molecular complexity index is 1340. The zero-order valence-corrected chi connectivity index (χ0v) is 17.1. The molecule has 0 unspecified atom stereocenters. The molecule has 3 aromatic rings. The fourth-order valence-corrected chi connectivity index (χ4v) is 2.87. The van der Waals surface area contributed by atoms with Crippen molar-refractivity contribution < 1.29 is 22.7 Å². The van der Waals surface area contributed by atoms with Crippen molar-refractivity contribution in [1.29, 1.82) is 0 Å². The molecule has 0 saturated carbocycles. The van der Waals surface area contributed by atoms with Gasteiger partial charge >= 0.3 is 11.9 Å². The third kappa shape index (κ3) is 4.83. The maximum Gasteiger partial charge on any atom is 0.416 e. The monoisotopic (exact) mass is 449 g/mol. The number of benzene rings is 1. The molecule has 1 aromatic carbocycles. The number of nitrogens with zero attached hydrogens (tertiary/aromatic N) is 4. The molecule has 0 atom stereocenters. The van der Waals surface area contributed by atoms with Gasteiger partial charge in [0.2, 0.25) is 5.91 Å². The van der Waals surface area contributed by atoms with Crippen molar-refractivity contribution in [2.24, 2.45) is 14.1 Å². The van der Waals surface area contributed by atoms with E-state index in [4.69, 9.17) is 4.74 Å². The minimum atomic E-state index is -4.46. The number of alkyl halides is 3. The minimum absolute atomic E-state index is 0.0288. The van der Waals surface area contributed by atoms with Crippen LogP contribution in [0.1, 0.15) is 5.56 Å². The summed E-state index contributed by atoms with van der Waals surface area (Å²) in [5.74, 6) is 4.79. The molecule has 0 fully saturated rings. The highest BCUT2D eigenvalue weighted by atomic mass is 19.4. The first-order chi connectivity index (χ1) is 15.1. The van der Waals surface area contributed by atoms with Crippen LogP contribution in [0.2, 0.25) is 0 Å². The normalized spacial score (nSPS) is 11.2. The van der Waals surface area contributed by atoms with Gasteiger partial charge in [-0.2, -0.15) is 13.2 Å².